The number of carbonyl (C=O) groups is 1. The molecule has 6 heteroatoms. The largest absolute Gasteiger partial charge is 0.379 e. The molecule has 1 unspecified atom stereocenters. The van der Waals surface area contributed by atoms with Gasteiger partial charge in [-0.15, -0.1) is 0 Å². The molecule has 0 bridgehead atoms. The first-order valence-corrected chi connectivity index (χ1v) is 10.0. The number of carbonyl (C=O) groups excluding carboxylic acids is 1. The summed E-state index contributed by atoms with van der Waals surface area (Å²) in [5, 5.41) is 14.1. The van der Waals surface area contributed by atoms with Crippen LogP contribution in [0.3, 0.4) is 0 Å². The van der Waals surface area contributed by atoms with Crippen molar-refractivity contribution in [1.82, 2.24) is 20.2 Å². The van der Waals surface area contributed by atoms with Gasteiger partial charge in [0.15, 0.2) is 5.60 Å². The summed E-state index contributed by atoms with van der Waals surface area (Å²) in [7, 11) is 0. The van der Waals surface area contributed by atoms with Gasteiger partial charge in [0.1, 0.15) is 0 Å². The second-order valence-corrected chi connectivity index (χ2v) is 7.88. The van der Waals surface area contributed by atoms with E-state index in [1.807, 2.05) is 0 Å². The van der Waals surface area contributed by atoms with Gasteiger partial charge < -0.3 is 15.3 Å². The Morgan fingerprint density at radius 2 is 2.04 bits per heavy atom. The maximum atomic E-state index is 12.9. The molecule has 1 atom stereocenters. The van der Waals surface area contributed by atoms with E-state index in [0.29, 0.717) is 38.4 Å². The molecular formula is C22H30N4O2. The molecule has 3 rings (SSSR count). The fraction of sp³-hybridized carbons (Fsp3) is 0.500. The van der Waals surface area contributed by atoms with E-state index < -0.39 is 5.60 Å². The first-order chi connectivity index (χ1) is 13.5. The highest BCUT2D eigenvalue weighted by Crippen LogP contribution is 2.24. The van der Waals surface area contributed by atoms with Crippen LogP contribution in [0.15, 0.2) is 42.9 Å². The standard InChI is InChI=1S/C22H30N4O2/c1-17(2)19-6-4-18(5-7-19)15-26-13-3-9-22(28,21(26)27)16-24-10-8-20-14-23-11-12-25-20/h4-7,11-12,14,17,24,28H,3,8-10,13,15-16H2,1-2H3. The zero-order chi connectivity index (χ0) is 20.0. The number of amides is 1. The van der Waals surface area contributed by atoms with E-state index in [9.17, 15) is 9.90 Å². The Morgan fingerprint density at radius 1 is 1.25 bits per heavy atom. The van der Waals surface area contributed by atoms with Crippen molar-refractivity contribution in [2.24, 2.45) is 0 Å². The smallest absolute Gasteiger partial charge is 0.256 e. The van der Waals surface area contributed by atoms with Gasteiger partial charge in [0.2, 0.25) is 0 Å². The summed E-state index contributed by atoms with van der Waals surface area (Å²) in [5.74, 6) is 0.308. The van der Waals surface area contributed by atoms with Crippen LogP contribution >= 0.6 is 0 Å². The predicted molar refractivity (Wildman–Crippen MR) is 109 cm³/mol. The van der Waals surface area contributed by atoms with Gasteiger partial charge in [-0.25, -0.2) is 0 Å². The Bertz CT molecular complexity index is 764. The fourth-order valence-corrected chi connectivity index (χ4v) is 3.58. The maximum Gasteiger partial charge on any atom is 0.256 e. The lowest BCUT2D eigenvalue weighted by Gasteiger charge is -2.38. The van der Waals surface area contributed by atoms with E-state index in [1.165, 1.54) is 5.56 Å². The van der Waals surface area contributed by atoms with Gasteiger partial charge in [-0.3, -0.25) is 14.8 Å². The molecular weight excluding hydrogens is 352 g/mol. The number of rotatable bonds is 8. The summed E-state index contributed by atoms with van der Waals surface area (Å²) in [6.45, 7) is 6.47. The lowest BCUT2D eigenvalue weighted by atomic mass is 9.91. The second kappa shape index (κ2) is 9.26. The summed E-state index contributed by atoms with van der Waals surface area (Å²) in [6.07, 6.45) is 7.05. The monoisotopic (exact) mass is 382 g/mol. The van der Waals surface area contributed by atoms with Crippen molar-refractivity contribution in [2.45, 2.75) is 51.2 Å². The number of benzene rings is 1. The first kappa shape index (κ1) is 20.4. The Morgan fingerprint density at radius 3 is 2.71 bits per heavy atom. The quantitative estimate of drug-likeness (QED) is 0.685. The number of nitrogens with zero attached hydrogens (tertiary/aromatic N) is 3. The van der Waals surface area contributed by atoms with Crippen molar-refractivity contribution in [3.05, 3.63) is 59.7 Å². The number of hydrogen-bond acceptors (Lipinski definition) is 5. The van der Waals surface area contributed by atoms with Crippen molar-refractivity contribution in [3.63, 3.8) is 0 Å². The fourth-order valence-electron chi connectivity index (χ4n) is 3.58. The highest BCUT2D eigenvalue weighted by molar-refractivity contribution is 5.86. The number of hydrogen-bond donors (Lipinski definition) is 2. The van der Waals surface area contributed by atoms with E-state index in [4.69, 9.17) is 0 Å². The van der Waals surface area contributed by atoms with Gasteiger partial charge in [-0.05, 0) is 29.9 Å². The van der Waals surface area contributed by atoms with Crippen molar-refractivity contribution in [1.29, 1.82) is 0 Å². The summed E-state index contributed by atoms with van der Waals surface area (Å²) >= 11 is 0. The third kappa shape index (κ3) is 5.14. The highest BCUT2D eigenvalue weighted by Gasteiger charge is 2.41. The molecule has 28 heavy (non-hydrogen) atoms. The van der Waals surface area contributed by atoms with Crippen LogP contribution in [-0.4, -0.2) is 51.1 Å². The molecule has 1 amide bonds. The van der Waals surface area contributed by atoms with E-state index in [2.05, 4.69) is 53.4 Å². The van der Waals surface area contributed by atoms with Crippen molar-refractivity contribution in [3.8, 4) is 0 Å². The molecule has 0 aliphatic carbocycles. The zero-order valence-electron chi connectivity index (χ0n) is 16.8. The lowest BCUT2D eigenvalue weighted by molar-refractivity contribution is -0.157. The molecule has 0 saturated carbocycles. The van der Waals surface area contributed by atoms with Gasteiger partial charge in [0.25, 0.3) is 5.91 Å². The van der Waals surface area contributed by atoms with Crippen LogP contribution in [0.5, 0.6) is 0 Å². The zero-order valence-corrected chi connectivity index (χ0v) is 16.8. The molecule has 2 N–H and O–H groups in total. The molecule has 150 valence electrons. The van der Waals surface area contributed by atoms with Crippen molar-refractivity contribution >= 4 is 5.91 Å². The summed E-state index contributed by atoms with van der Waals surface area (Å²) in [4.78, 5) is 23.0. The third-order valence-electron chi connectivity index (χ3n) is 5.32. The minimum atomic E-state index is -1.33. The molecule has 1 aromatic carbocycles. The van der Waals surface area contributed by atoms with E-state index in [0.717, 1.165) is 17.7 Å². The number of nitrogens with one attached hydrogen (secondary N) is 1. The summed E-state index contributed by atoms with van der Waals surface area (Å²) < 4.78 is 0. The minimum absolute atomic E-state index is 0.182. The van der Waals surface area contributed by atoms with E-state index >= 15 is 0 Å². The van der Waals surface area contributed by atoms with Crippen LogP contribution in [0.25, 0.3) is 0 Å². The van der Waals surface area contributed by atoms with Crippen LogP contribution in [0, 0.1) is 0 Å². The lowest BCUT2D eigenvalue weighted by Crippen LogP contribution is -2.57. The number of likely N-dealkylation sites (tertiary alicyclic amines) is 1. The molecule has 1 aliphatic heterocycles. The summed E-state index contributed by atoms with van der Waals surface area (Å²) in [5.41, 5.74) is 1.94. The van der Waals surface area contributed by atoms with E-state index in [-0.39, 0.29) is 12.5 Å². The molecule has 2 heterocycles. The predicted octanol–water partition coefficient (Wildman–Crippen LogP) is 2.29. The Kier molecular flexibility index (Phi) is 6.75. The molecule has 0 radical (unpaired) electrons. The van der Waals surface area contributed by atoms with Crippen molar-refractivity contribution < 1.29 is 9.90 Å². The molecule has 1 saturated heterocycles. The van der Waals surface area contributed by atoms with Gasteiger partial charge in [0.05, 0.1) is 5.69 Å². The normalized spacial score (nSPS) is 20.0. The maximum absolute atomic E-state index is 12.9. The number of aromatic nitrogens is 2. The van der Waals surface area contributed by atoms with Gasteiger partial charge >= 0.3 is 0 Å². The average Bonchev–Trinajstić information content (AvgIpc) is 2.70. The van der Waals surface area contributed by atoms with Crippen LogP contribution in [-0.2, 0) is 17.8 Å². The van der Waals surface area contributed by atoms with Crippen LogP contribution in [0.4, 0.5) is 0 Å². The molecule has 1 fully saturated rings. The van der Waals surface area contributed by atoms with Gasteiger partial charge in [-0.1, -0.05) is 38.1 Å². The Hall–Kier alpha value is -2.31. The van der Waals surface area contributed by atoms with Gasteiger partial charge in [-0.2, -0.15) is 0 Å². The van der Waals surface area contributed by atoms with Crippen LogP contribution < -0.4 is 5.32 Å². The van der Waals surface area contributed by atoms with Gasteiger partial charge in [0, 0.05) is 51.2 Å². The molecule has 0 spiro atoms. The highest BCUT2D eigenvalue weighted by atomic mass is 16.3. The third-order valence-corrected chi connectivity index (χ3v) is 5.32. The molecule has 2 aromatic rings. The van der Waals surface area contributed by atoms with Crippen LogP contribution in [0.2, 0.25) is 0 Å². The number of aliphatic hydroxyl groups is 1. The Balaban J connectivity index is 1.53. The topological polar surface area (TPSA) is 78.3 Å². The van der Waals surface area contributed by atoms with Crippen LogP contribution in [0.1, 0.15) is 49.4 Å². The van der Waals surface area contributed by atoms with Crippen molar-refractivity contribution in [2.75, 3.05) is 19.6 Å². The average molecular weight is 383 g/mol. The second-order valence-electron chi connectivity index (χ2n) is 7.88. The molecule has 1 aliphatic rings. The molecule has 1 aromatic heterocycles. The first-order valence-electron chi connectivity index (χ1n) is 10.0. The minimum Gasteiger partial charge on any atom is -0.379 e. The summed E-state index contributed by atoms with van der Waals surface area (Å²) in [6, 6.07) is 8.40. The number of piperidine rings is 1. The SMILES string of the molecule is CC(C)c1ccc(CN2CCCC(O)(CNCCc3cnccn3)C2=O)cc1. The van der Waals surface area contributed by atoms with E-state index in [1.54, 1.807) is 23.5 Å². The Labute approximate surface area is 167 Å². The molecule has 6 nitrogen and oxygen atoms in total.